The third kappa shape index (κ3) is 3.03. The Hall–Kier alpha value is -2.44. The molecule has 2 N–H and O–H groups in total. The molecule has 0 fully saturated rings. The monoisotopic (exact) mass is 256 g/mol. The number of ether oxygens (including phenoxy) is 3. The van der Waals surface area contributed by atoms with Gasteiger partial charge in [-0.25, -0.2) is 9.59 Å². The predicted molar refractivity (Wildman–Crippen MR) is 59.6 cm³/mol. The summed E-state index contributed by atoms with van der Waals surface area (Å²) < 4.78 is 14.8. The summed E-state index contributed by atoms with van der Waals surface area (Å²) in [5.74, 6) is -2.08. The number of carbonyl (C=O) groups is 2. The first kappa shape index (κ1) is 13.6. The van der Waals surface area contributed by atoms with Gasteiger partial charge in [0.1, 0.15) is 11.3 Å². The molecule has 1 aromatic carbocycles. The standard InChI is InChI=1S/C11H12O7/c1-16-8-3-6(11(14)15)7(4-9(8)17-2)18-5-10(12)13/h3-4H,5H2,1-2H3,(H,12,13)(H,14,15). The van der Waals surface area contributed by atoms with Crippen LogP contribution >= 0.6 is 0 Å². The Labute approximate surface area is 103 Å². The van der Waals surface area contributed by atoms with Crippen molar-refractivity contribution in [2.24, 2.45) is 0 Å². The molecular formula is C11H12O7. The second-order valence-corrected chi connectivity index (χ2v) is 3.19. The van der Waals surface area contributed by atoms with Gasteiger partial charge in [0.15, 0.2) is 18.1 Å². The van der Waals surface area contributed by atoms with Gasteiger partial charge in [-0.3, -0.25) is 0 Å². The van der Waals surface area contributed by atoms with Crippen molar-refractivity contribution in [3.8, 4) is 17.2 Å². The van der Waals surface area contributed by atoms with E-state index in [1.54, 1.807) is 0 Å². The lowest BCUT2D eigenvalue weighted by Crippen LogP contribution is -2.12. The van der Waals surface area contributed by atoms with Crippen molar-refractivity contribution in [1.82, 2.24) is 0 Å². The Balaban J connectivity index is 3.20. The largest absolute Gasteiger partial charge is 0.493 e. The minimum atomic E-state index is -1.25. The molecule has 0 spiro atoms. The second-order valence-electron chi connectivity index (χ2n) is 3.19. The van der Waals surface area contributed by atoms with Gasteiger partial charge in [-0.2, -0.15) is 0 Å². The van der Waals surface area contributed by atoms with Crippen LogP contribution in [-0.2, 0) is 4.79 Å². The van der Waals surface area contributed by atoms with Gasteiger partial charge in [0.05, 0.1) is 14.2 Å². The Morgan fingerprint density at radius 2 is 1.61 bits per heavy atom. The lowest BCUT2D eigenvalue weighted by Gasteiger charge is -2.12. The van der Waals surface area contributed by atoms with Gasteiger partial charge in [-0.1, -0.05) is 0 Å². The van der Waals surface area contributed by atoms with E-state index in [0.29, 0.717) is 0 Å². The zero-order valence-corrected chi connectivity index (χ0v) is 9.80. The topological polar surface area (TPSA) is 102 Å². The Morgan fingerprint density at radius 3 is 2.06 bits per heavy atom. The molecule has 0 aromatic heterocycles. The van der Waals surface area contributed by atoms with Gasteiger partial charge >= 0.3 is 11.9 Å². The SMILES string of the molecule is COc1cc(OCC(=O)O)c(C(=O)O)cc1OC. The van der Waals surface area contributed by atoms with Crippen molar-refractivity contribution >= 4 is 11.9 Å². The highest BCUT2D eigenvalue weighted by Crippen LogP contribution is 2.34. The number of hydrogen-bond acceptors (Lipinski definition) is 5. The molecule has 0 amide bonds. The van der Waals surface area contributed by atoms with Crippen molar-refractivity contribution in [1.29, 1.82) is 0 Å². The molecule has 18 heavy (non-hydrogen) atoms. The first-order chi connectivity index (χ1) is 8.49. The predicted octanol–water partition coefficient (Wildman–Crippen LogP) is 0.865. The fraction of sp³-hybridized carbons (Fsp3) is 0.273. The average molecular weight is 256 g/mol. The maximum atomic E-state index is 11.0. The normalized spacial score (nSPS) is 9.67. The van der Waals surface area contributed by atoms with Crippen LogP contribution in [0.5, 0.6) is 17.2 Å². The molecule has 0 unspecified atom stereocenters. The van der Waals surface area contributed by atoms with Gasteiger partial charge in [0.25, 0.3) is 0 Å². The summed E-state index contributed by atoms with van der Waals surface area (Å²) in [5.41, 5.74) is -0.200. The summed E-state index contributed by atoms with van der Waals surface area (Å²) in [6.45, 7) is -0.643. The van der Waals surface area contributed by atoms with Crippen LogP contribution < -0.4 is 14.2 Å². The van der Waals surface area contributed by atoms with E-state index in [1.165, 1.54) is 26.4 Å². The third-order valence-corrected chi connectivity index (χ3v) is 2.07. The quantitative estimate of drug-likeness (QED) is 0.778. The van der Waals surface area contributed by atoms with E-state index >= 15 is 0 Å². The van der Waals surface area contributed by atoms with Gasteiger partial charge < -0.3 is 24.4 Å². The van der Waals surface area contributed by atoms with Crippen LogP contribution in [0.15, 0.2) is 12.1 Å². The molecule has 98 valence electrons. The number of aromatic carboxylic acids is 1. The summed E-state index contributed by atoms with van der Waals surface area (Å²) in [5, 5.41) is 17.5. The summed E-state index contributed by atoms with van der Waals surface area (Å²) in [6.07, 6.45) is 0. The Morgan fingerprint density at radius 1 is 1.06 bits per heavy atom. The van der Waals surface area contributed by atoms with Crippen LogP contribution in [0.3, 0.4) is 0 Å². The van der Waals surface area contributed by atoms with E-state index in [1.807, 2.05) is 0 Å². The minimum Gasteiger partial charge on any atom is -0.493 e. The molecule has 0 aliphatic heterocycles. The van der Waals surface area contributed by atoms with E-state index in [9.17, 15) is 9.59 Å². The molecule has 7 nitrogen and oxygen atoms in total. The fourth-order valence-corrected chi connectivity index (χ4v) is 1.29. The Kier molecular flexibility index (Phi) is 4.36. The van der Waals surface area contributed by atoms with E-state index in [4.69, 9.17) is 24.4 Å². The number of carboxylic acid groups (broad SMARTS) is 2. The van der Waals surface area contributed by atoms with Crippen molar-refractivity contribution in [3.63, 3.8) is 0 Å². The summed E-state index contributed by atoms with van der Waals surface area (Å²) in [4.78, 5) is 21.4. The molecular weight excluding hydrogens is 244 g/mol. The van der Waals surface area contributed by atoms with Crippen molar-refractivity contribution < 1.29 is 34.0 Å². The highest BCUT2D eigenvalue weighted by Gasteiger charge is 2.18. The number of rotatable bonds is 6. The molecule has 1 rings (SSSR count). The van der Waals surface area contributed by atoms with E-state index < -0.39 is 18.5 Å². The molecule has 0 radical (unpaired) electrons. The van der Waals surface area contributed by atoms with Crippen LogP contribution in [0.4, 0.5) is 0 Å². The van der Waals surface area contributed by atoms with E-state index in [0.717, 1.165) is 0 Å². The minimum absolute atomic E-state index is 0.0949. The maximum absolute atomic E-state index is 11.0. The highest BCUT2D eigenvalue weighted by molar-refractivity contribution is 5.92. The molecule has 0 bridgehead atoms. The van der Waals surface area contributed by atoms with Crippen LogP contribution in [0.1, 0.15) is 10.4 Å². The molecule has 0 aliphatic rings. The van der Waals surface area contributed by atoms with Crippen LogP contribution in [-0.4, -0.2) is 43.0 Å². The van der Waals surface area contributed by atoms with Crippen molar-refractivity contribution in [2.45, 2.75) is 0 Å². The van der Waals surface area contributed by atoms with Crippen LogP contribution in [0, 0.1) is 0 Å². The first-order valence-electron chi connectivity index (χ1n) is 4.83. The molecule has 0 saturated carbocycles. The number of hydrogen-bond donors (Lipinski definition) is 2. The van der Waals surface area contributed by atoms with E-state index in [-0.39, 0.29) is 22.8 Å². The van der Waals surface area contributed by atoms with Crippen molar-refractivity contribution in [2.75, 3.05) is 20.8 Å². The Bertz CT molecular complexity index is 467. The maximum Gasteiger partial charge on any atom is 0.341 e. The number of benzene rings is 1. The highest BCUT2D eigenvalue weighted by atomic mass is 16.5. The second kappa shape index (κ2) is 5.76. The zero-order chi connectivity index (χ0) is 13.7. The van der Waals surface area contributed by atoms with Gasteiger partial charge in [0, 0.05) is 12.1 Å². The number of methoxy groups -OCH3 is 2. The molecule has 0 saturated heterocycles. The first-order valence-corrected chi connectivity index (χ1v) is 4.83. The summed E-state index contributed by atoms with van der Waals surface area (Å²) in [6, 6.07) is 2.48. The lowest BCUT2D eigenvalue weighted by molar-refractivity contribution is -0.139. The van der Waals surface area contributed by atoms with E-state index in [2.05, 4.69) is 0 Å². The van der Waals surface area contributed by atoms with Crippen LogP contribution in [0.25, 0.3) is 0 Å². The average Bonchev–Trinajstić information content (AvgIpc) is 2.34. The molecule has 1 aromatic rings. The van der Waals surface area contributed by atoms with Crippen molar-refractivity contribution in [3.05, 3.63) is 17.7 Å². The van der Waals surface area contributed by atoms with Gasteiger partial charge in [-0.15, -0.1) is 0 Å². The molecule has 7 heteroatoms. The van der Waals surface area contributed by atoms with Gasteiger partial charge in [-0.05, 0) is 0 Å². The smallest absolute Gasteiger partial charge is 0.341 e. The fourth-order valence-electron chi connectivity index (χ4n) is 1.29. The molecule has 0 heterocycles. The number of carboxylic acids is 2. The number of aliphatic carboxylic acids is 1. The summed E-state index contributed by atoms with van der Waals surface area (Å²) >= 11 is 0. The molecule has 0 atom stereocenters. The lowest BCUT2D eigenvalue weighted by atomic mass is 10.1. The zero-order valence-electron chi connectivity index (χ0n) is 9.80. The third-order valence-electron chi connectivity index (χ3n) is 2.07. The van der Waals surface area contributed by atoms with Crippen LogP contribution in [0.2, 0.25) is 0 Å². The van der Waals surface area contributed by atoms with Gasteiger partial charge in [0.2, 0.25) is 0 Å². The molecule has 0 aliphatic carbocycles. The summed E-state index contributed by atoms with van der Waals surface area (Å²) in [7, 11) is 2.74.